The third-order valence-corrected chi connectivity index (χ3v) is 4.25. The van der Waals surface area contributed by atoms with Gasteiger partial charge in [-0.15, -0.1) is 0 Å². The van der Waals surface area contributed by atoms with Gasteiger partial charge in [-0.05, 0) is 74.0 Å². The third-order valence-electron chi connectivity index (χ3n) is 4.25. The summed E-state index contributed by atoms with van der Waals surface area (Å²) >= 11 is 0. The summed E-state index contributed by atoms with van der Waals surface area (Å²) in [5, 5.41) is 5.61. The smallest absolute Gasteiger partial charge is 0.251 e. The molecule has 6 heteroatoms. The molecule has 2 amide bonds. The topological polar surface area (TPSA) is 80.3 Å². The molecule has 3 aromatic rings. The Morgan fingerprint density at radius 2 is 1.74 bits per heavy atom. The molecule has 6 nitrogen and oxygen atoms in total. The first kappa shape index (κ1) is 21.8. The Hall–Kier alpha value is -3.93. The Balaban J connectivity index is 1.49. The van der Waals surface area contributed by atoms with Gasteiger partial charge < -0.3 is 15.4 Å². The van der Waals surface area contributed by atoms with Crippen molar-refractivity contribution in [3.05, 3.63) is 95.8 Å². The SMILES string of the molecule is CC(C)NC(=O)c1ccc(NC(=O)/C=C/c2ccc(OCc3ccccn3)cc2)cc1. The monoisotopic (exact) mass is 415 g/mol. The number of hydrogen-bond donors (Lipinski definition) is 2. The fraction of sp³-hybridized carbons (Fsp3) is 0.160. The maximum Gasteiger partial charge on any atom is 0.251 e. The van der Waals surface area contributed by atoms with Crippen molar-refractivity contribution in [3.8, 4) is 5.75 Å². The van der Waals surface area contributed by atoms with Gasteiger partial charge in [-0.2, -0.15) is 0 Å². The van der Waals surface area contributed by atoms with E-state index in [2.05, 4.69) is 15.6 Å². The highest BCUT2D eigenvalue weighted by Crippen LogP contribution is 2.15. The molecule has 0 aliphatic heterocycles. The van der Waals surface area contributed by atoms with Crippen LogP contribution >= 0.6 is 0 Å². The molecule has 3 rings (SSSR count). The number of carbonyl (C=O) groups excluding carboxylic acids is 2. The largest absolute Gasteiger partial charge is 0.487 e. The van der Waals surface area contributed by atoms with E-state index in [4.69, 9.17) is 4.74 Å². The molecule has 1 heterocycles. The molecule has 2 aromatic carbocycles. The van der Waals surface area contributed by atoms with Crippen molar-refractivity contribution in [1.29, 1.82) is 0 Å². The van der Waals surface area contributed by atoms with Crippen molar-refractivity contribution in [2.24, 2.45) is 0 Å². The average molecular weight is 415 g/mol. The van der Waals surface area contributed by atoms with Gasteiger partial charge in [0.2, 0.25) is 5.91 Å². The zero-order valence-electron chi connectivity index (χ0n) is 17.5. The van der Waals surface area contributed by atoms with Crippen molar-refractivity contribution < 1.29 is 14.3 Å². The molecule has 0 atom stereocenters. The van der Waals surface area contributed by atoms with Crippen LogP contribution in [0.1, 0.15) is 35.5 Å². The highest BCUT2D eigenvalue weighted by molar-refractivity contribution is 6.02. The van der Waals surface area contributed by atoms with Gasteiger partial charge >= 0.3 is 0 Å². The molecule has 0 fully saturated rings. The van der Waals surface area contributed by atoms with Gasteiger partial charge in [0.25, 0.3) is 5.91 Å². The first-order chi connectivity index (χ1) is 15.0. The number of rotatable bonds is 8. The number of aromatic nitrogens is 1. The predicted octanol–water partition coefficient (Wildman–Crippen LogP) is 4.45. The Morgan fingerprint density at radius 3 is 2.39 bits per heavy atom. The highest BCUT2D eigenvalue weighted by Gasteiger charge is 2.07. The standard InChI is InChI=1S/C25H25N3O3/c1-18(2)27-25(30)20-9-11-21(12-10-20)28-24(29)15-8-19-6-13-23(14-7-19)31-17-22-5-3-4-16-26-22/h3-16,18H,17H2,1-2H3,(H,27,30)(H,28,29)/b15-8+. The number of nitrogens with zero attached hydrogens (tertiary/aromatic N) is 1. The molecule has 0 saturated heterocycles. The van der Waals surface area contributed by atoms with Crippen LogP contribution in [0.3, 0.4) is 0 Å². The lowest BCUT2D eigenvalue weighted by molar-refractivity contribution is -0.111. The maximum absolute atomic E-state index is 12.2. The lowest BCUT2D eigenvalue weighted by Crippen LogP contribution is -2.29. The second-order valence-corrected chi connectivity index (χ2v) is 7.21. The molecule has 0 saturated carbocycles. The van der Waals surface area contributed by atoms with Gasteiger partial charge in [-0.3, -0.25) is 14.6 Å². The van der Waals surface area contributed by atoms with E-state index >= 15 is 0 Å². The number of carbonyl (C=O) groups is 2. The van der Waals surface area contributed by atoms with Crippen molar-refractivity contribution in [2.75, 3.05) is 5.32 Å². The number of anilines is 1. The first-order valence-electron chi connectivity index (χ1n) is 10.0. The summed E-state index contributed by atoms with van der Waals surface area (Å²) in [6.07, 6.45) is 4.92. The van der Waals surface area contributed by atoms with E-state index in [0.29, 0.717) is 17.9 Å². The van der Waals surface area contributed by atoms with Crippen molar-refractivity contribution >= 4 is 23.6 Å². The van der Waals surface area contributed by atoms with Crippen LogP contribution in [-0.4, -0.2) is 22.8 Å². The molecule has 0 bridgehead atoms. The number of benzene rings is 2. The van der Waals surface area contributed by atoms with E-state index in [-0.39, 0.29) is 17.9 Å². The van der Waals surface area contributed by atoms with Crippen LogP contribution < -0.4 is 15.4 Å². The van der Waals surface area contributed by atoms with Crippen LogP contribution in [0, 0.1) is 0 Å². The van der Waals surface area contributed by atoms with Crippen LogP contribution in [0.2, 0.25) is 0 Å². The second kappa shape index (κ2) is 10.7. The number of nitrogens with one attached hydrogen (secondary N) is 2. The second-order valence-electron chi connectivity index (χ2n) is 7.21. The molecule has 2 N–H and O–H groups in total. The number of amides is 2. The minimum Gasteiger partial charge on any atom is -0.487 e. The summed E-state index contributed by atoms with van der Waals surface area (Å²) in [6, 6.07) is 20.0. The van der Waals surface area contributed by atoms with E-state index < -0.39 is 0 Å². The van der Waals surface area contributed by atoms with E-state index in [9.17, 15) is 9.59 Å². The lowest BCUT2D eigenvalue weighted by atomic mass is 10.1. The van der Waals surface area contributed by atoms with Crippen LogP contribution in [-0.2, 0) is 11.4 Å². The summed E-state index contributed by atoms with van der Waals surface area (Å²) in [4.78, 5) is 28.3. The summed E-state index contributed by atoms with van der Waals surface area (Å²) in [6.45, 7) is 4.21. The number of hydrogen-bond acceptors (Lipinski definition) is 4. The molecule has 0 spiro atoms. The van der Waals surface area contributed by atoms with E-state index in [1.54, 1.807) is 36.5 Å². The van der Waals surface area contributed by atoms with Crippen molar-refractivity contribution in [3.63, 3.8) is 0 Å². The van der Waals surface area contributed by atoms with Crippen LogP contribution in [0.4, 0.5) is 5.69 Å². The lowest BCUT2D eigenvalue weighted by Gasteiger charge is -2.09. The van der Waals surface area contributed by atoms with Crippen molar-refractivity contribution in [1.82, 2.24) is 10.3 Å². The van der Waals surface area contributed by atoms with Gasteiger partial charge in [0, 0.05) is 29.6 Å². The van der Waals surface area contributed by atoms with E-state index in [1.165, 1.54) is 6.08 Å². The molecule has 1 aromatic heterocycles. The Kier molecular flexibility index (Phi) is 7.54. The minimum atomic E-state index is -0.255. The highest BCUT2D eigenvalue weighted by atomic mass is 16.5. The molecule has 0 aliphatic rings. The van der Waals surface area contributed by atoms with Gasteiger partial charge in [0.05, 0.1) is 5.69 Å². The summed E-state index contributed by atoms with van der Waals surface area (Å²) in [7, 11) is 0. The van der Waals surface area contributed by atoms with Gasteiger partial charge in [0.1, 0.15) is 12.4 Å². The Labute approximate surface area is 182 Å². The van der Waals surface area contributed by atoms with Crippen LogP contribution in [0.5, 0.6) is 5.75 Å². The fourth-order valence-electron chi connectivity index (χ4n) is 2.72. The molecule has 0 unspecified atom stereocenters. The molecule has 0 aliphatic carbocycles. The molecule has 0 radical (unpaired) electrons. The number of ether oxygens (including phenoxy) is 1. The quantitative estimate of drug-likeness (QED) is 0.533. The Morgan fingerprint density at radius 1 is 1.00 bits per heavy atom. The molecular formula is C25H25N3O3. The normalized spacial score (nSPS) is 10.8. The zero-order chi connectivity index (χ0) is 22.1. The molecule has 31 heavy (non-hydrogen) atoms. The zero-order valence-corrected chi connectivity index (χ0v) is 17.5. The molecular weight excluding hydrogens is 390 g/mol. The molecule has 158 valence electrons. The maximum atomic E-state index is 12.2. The van der Waals surface area contributed by atoms with E-state index in [0.717, 1.165) is 17.0 Å². The minimum absolute atomic E-state index is 0.0681. The van der Waals surface area contributed by atoms with Crippen LogP contribution in [0.15, 0.2) is 79.0 Å². The van der Waals surface area contributed by atoms with Gasteiger partial charge in [0.15, 0.2) is 0 Å². The van der Waals surface area contributed by atoms with Gasteiger partial charge in [-0.1, -0.05) is 18.2 Å². The van der Waals surface area contributed by atoms with Crippen molar-refractivity contribution in [2.45, 2.75) is 26.5 Å². The predicted molar refractivity (Wildman–Crippen MR) is 122 cm³/mol. The van der Waals surface area contributed by atoms with E-state index in [1.807, 2.05) is 56.3 Å². The third kappa shape index (κ3) is 7.12. The van der Waals surface area contributed by atoms with Crippen LogP contribution in [0.25, 0.3) is 6.08 Å². The average Bonchev–Trinajstić information content (AvgIpc) is 2.78. The fourth-order valence-corrected chi connectivity index (χ4v) is 2.72. The summed E-state index contributed by atoms with van der Waals surface area (Å²) < 4.78 is 5.70. The number of pyridine rings is 1. The summed E-state index contributed by atoms with van der Waals surface area (Å²) in [5.41, 5.74) is 2.90. The summed E-state index contributed by atoms with van der Waals surface area (Å²) in [5.74, 6) is 0.337. The Bertz CT molecular complexity index is 1030. The van der Waals surface area contributed by atoms with Gasteiger partial charge in [-0.25, -0.2) is 0 Å². The first-order valence-corrected chi connectivity index (χ1v) is 10.0.